The molecule has 4 aromatic carbocycles. The first-order valence-corrected chi connectivity index (χ1v) is 13.7. The fourth-order valence-electron chi connectivity index (χ4n) is 3.64. The van der Waals surface area contributed by atoms with Crippen molar-refractivity contribution in [1.82, 2.24) is 0 Å². The zero-order valence-electron chi connectivity index (χ0n) is 19.6. The van der Waals surface area contributed by atoms with Crippen molar-refractivity contribution in [3.63, 3.8) is 0 Å². The van der Waals surface area contributed by atoms with Crippen LogP contribution in [0.5, 0.6) is 5.75 Å². The molecule has 0 spiro atoms. The highest BCUT2D eigenvalue weighted by atomic mass is 79.9. The fraction of sp³-hybridized carbons (Fsp3) is 0.0345. The molecule has 0 N–H and O–H groups in total. The molecule has 0 radical (unpaired) electrons. The third-order valence-corrected chi connectivity index (χ3v) is 7.47. The van der Waals surface area contributed by atoms with Gasteiger partial charge >= 0.3 is 0 Å². The number of carbonyl (C=O) groups is 1. The van der Waals surface area contributed by atoms with Crippen LogP contribution in [-0.2, 0) is 11.4 Å². The van der Waals surface area contributed by atoms with Crippen LogP contribution >= 0.6 is 50.9 Å². The number of nitrogens with zero attached hydrogens (tertiary/aromatic N) is 2. The molecule has 0 bridgehead atoms. The summed E-state index contributed by atoms with van der Waals surface area (Å²) in [6.45, 7) is 0.249. The number of anilines is 1. The average molecular weight is 628 g/mol. The molecule has 4 aromatic rings. The third kappa shape index (κ3) is 6.30. The van der Waals surface area contributed by atoms with E-state index in [4.69, 9.17) is 32.9 Å². The number of amides is 1. The lowest BCUT2D eigenvalue weighted by molar-refractivity contribution is -0.113. The van der Waals surface area contributed by atoms with Crippen molar-refractivity contribution in [3.8, 4) is 5.75 Å². The summed E-state index contributed by atoms with van der Waals surface area (Å²) in [4.78, 5) is 20.4. The summed E-state index contributed by atoms with van der Waals surface area (Å²) in [5.74, 6) is 0.0509. The molecule has 1 saturated heterocycles. The normalized spacial score (nSPS) is 15.5. The molecule has 5 rings (SSSR count). The second kappa shape index (κ2) is 11.7. The maximum atomic E-state index is 13.7. The van der Waals surface area contributed by atoms with Crippen molar-refractivity contribution < 1.29 is 13.9 Å². The van der Waals surface area contributed by atoms with Gasteiger partial charge in [0.05, 0.1) is 16.3 Å². The van der Waals surface area contributed by atoms with E-state index in [2.05, 4.69) is 15.9 Å². The van der Waals surface area contributed by atoms with Crippen LogP contribution in [0.15, 0.2) is 105 Å². The highest BCUT2D eigenvalue weighted by Crippen LogP contribution is 2.39. The lowest BCUT2D eigenvalue weighted by Crippen LogP contribution is -2.28. The molecular weight excluding hydrogens is 610 g/mol. The predicted molar refractivity (Wildman–Crippen MR) is 158 cm³/mol. The second-order valence-electron chi connectivity index (χ2n) is 8.20. The van der Waals surface area contributed by atoms with Gasteiger partial charge in [0.15, 0.2) is 5.17 Å². The summed E-state index contributed by atoms with van der Waals surface area (Å²) in [6, 6.07) is 25.8. The Labute approximate surface area is 241 Å². The molecule has 1 amide bonds. The van der Waals surface area contributed by atoms with Gasteiger partial charge in [-0.1, -0.05) is 51.3 Å². The number of halogens is 4. The van der Waals surface area contributed by atoms with Crippen LogP contribution in [0.25, 0.3) is 6.08 Å². The van der Waals surface area contributed by atoms with Crippen LogP contribution in [0, 0.1) is 5.82 Å². The Hall–Kier alpha value is -3.10. The summed E-state index contributed by atoms with van der Waals surface area (Å²) >= 11 is 16.9. The van der Waals surface area contributed by atoms with Crippen LogP contribution in [0.3, 0.4) is 0 Å². The maximum Gasteiger partial charge on any atom is 0.271 e. The van der Waals surface area contributed by atoms with Crippen LogP contribution in [-0.4, -0.2) is 11.1 Å². The Kier molecular flexibility index (Phi) is 8.19. The molecule has 1 fully saturated rings. The van der Waals surface area contributed by atoms with Gasteiger partial charge in [-0.25, -0.2) is 9.38 Å². The SMILES string of the molecule is O=C1/C(=C/c2cc(Br)ccc2OCc2ccc(F)cc2)SC(=Nc2ccc(Cl)cc2)N1c1ccc(Cl)cc1. The molecular formula is C29H18BrCl2FN2O2S. The van der Waals surface area contributed by atoms with Crippen molar-refractivity contribution in [2.45, 2.75) is 6.61 Å². The Morgan fingerprint density at radius 2 is 1.58 bits per heavy atom. The summed E-state index contributed by atoms with van der Waals surface area (Å²) in [5.41, 5.74) is 2.84. The molecule has 0 aliphatic carbocycles. The summed E-state index contributed by atoms with van der Waals surface area (Å²) in [5, 5.41) is 1.66. The first kappa shape index (κ1) is 26.5. The Balaban J connectivity index is 1.50. The summed E-state index contributed by atoms with van der Waals surface area (Å²) in [6.07, 6.45) is 1.78. The van der Waals surface area contributed by atoms with Crippen LogP contribution in [0.4, 0.5) is 15.8 Å². The van der Waals surface area contributed by atoms with E-state index >= 15 is 0 Å². The Bertz CT molecular complexity index is 1540. The number of hydrogen-bond acceptors (Lipinski definition) is 4. The molecule has 9 heteroatoms. The van der Waals surface area contributed by atoms with E-state index in [9.17, 15) is 9.18 Å². The number of rotatable bonds is 6. The van der Waals surface area contributed by atoms with Gasteiger partial charge < -0.3 is 4.74 Å². The van der Waals surface area contributed by atoms with E-state index in [1.165, 1.54) is 23.9 Å². The Morgan fingerprint density at radius 3 is 2.26 bits per heavy atom. The number of carbonyl (C=O) groups excluding carboxylic acids is 1. The molecule has 4 nitrogen and oxygen atoms in total. The maximum absolute atomic E-state index is 13.7. The van der Waals surface area contributed by atoms with Gasteiger partial charge in [0.2, 0.25) is 0 Å². The van der Waals surface area contributed by atoms with Crippen LogP contribution < -0.4 is 9.64 Å². The number of ether oxygens (including phenoxy) is 1. The van der Waals surface area contributed by atoms with E-state index in [-0.39, 0.29) is 18.3 Å². The summed E-state index contributed by atoms with van der Waals surface area (Å²) in [7, 11) is 0. The van der Waals surface area contributed by atoms with Gasteiger partial charge in [0.1, 0.15) is 18.2 Å². The van der Waals surface area contributed by atoms with E-state index in [1.807, 2.05) is 18.2 Å². The quantitative estimate of drug-likeness (QED) is 0.200. The molecule has 0 atom stereocenters. The van der Waals surface area contributed by atoms with Gasteiger partial charge in [-0.3, -0.25) is 9.69 Å². The third-order valence-electron chi connectivity index (χ3n) is 5.51. The highest BCUT2D eigenvalue weighted by Gasteiger charge is 2.35. The van der Waals surface area contributed by atoms with Crippen molar-refractivity contribution >= 4 is 79.4 Å². The molecule has 190 valence electrons. The number of aliphatic imine (C=N–C) groups is 1. The van der Waals surface area contributed by atoms with Gasteiger partial charge in [-0.15, -0.1) is 0 Å². The van der Waals surface area contributed by atoms with Crippen molar-refractivity contribution in [2.24, 2.45) is 4.99 Å². The van der Waals surface area contributed by atoms with Gasteiger partial charge in [0, 0.05) is 20.1 Å². The number of benzene rings is 4. The van der Waals surface area contributed by atoms with Gasteiger partial charge in [0.25, 0.3) is 5.91 Å². The molecule has 0 unspecified atom stereocenters. The lowest BCUT2D eigenvalue weighted by atomic mass is 10.1. The minimum Gasteiger partial charge on any atom is -0.488 e. The fourth-order valence-corrected chi connectivity index (χ4v) is 5.26. The molecule has 0 aromatic heterocycles. The standard InChI is InChI=1S/C29H18BrCl2FN2O2S/c30-20-3-14-26(37-17-18-1-8-23(33)9-2-18)19(15-20)16-27-28(36)35(25-12-6-22(32)7-13-25)29(38-27)34-24-10-4-21(31)5-11-24/h1-16H,17H2/b27-16-,34-29?. The zero-order valence-corrected chi connectivity index (χ0v) is 23.5. The van der Waals surface area contributed by atoms with E-state index in [1.54, 1.807) is 71.6 Å². The first-order chi connectivity index (χ1) is 18.4. The molecule has 1 heterocycles. The van der Waals surface area contributed by atoms with Crippen molar-refractivity contribution in [1.29, 1.82) is 0 Å². The van der Waals surface area contributed by atoms with Crippen LogP contribution in [0.2, 0.25) is 10.0 Å². The molecule has 38 heavy (non-hydrogen) atoms. The van der Waals surface area contributed by atoms with Gasteiger partial charge in [-0.2, -0.15) is 0 Å². The van der Waals surface area contributed by atoms with Gasteiger partial charge in [-0.05, 0) is 102 Å². The number of thioether (sulfide) groups is 1. The average Bonchev–Trinajstić information content (AvgIpc) is 3.20. The highest BCUT2D eigenvalue weighted by molar-refractivity contribution is 9.10. The minimum absolute atomic E-state index is 0.227. The molecule has 1 aliphatic rings. The first-order valence-electron chi connectivity index (χ1n) is 11.4. The predicted octanol–water partition coefficient (Wildman–Crippen LogP) is 9.28. The largest absolute Gasteiger partial charge is 0.488 e. The monoisotopic (exact) mass is 626 g/mol. The second-order valence-corrected chi connectivity index (χ2v) is 11.0. The Morgan fingerprint density at radius 1 is 0.921 bits per heavy atom. The minimum atomic E-state index is -0.305. The van der Waals surface area contributed by atoms with Crippen LogP contribution in [0.1, 0.15) is 11.1 Å². The molecule has 0 saturated carbocycles. The topological polar surface area (TPSA) is 41.9 Å². The smallest absolute Gasteiger partial charge is 0.271 e. The molecule has 1 aliphatic heterocycles. The summed E-state index contributed by atoms with van der Waals surface area (Å²) < 4.78 is 20.1. The van der Waals surface area contributed by atoms with E-state index < -0.39 is 0 Å². The number of amidine groups is 1. The number of hydrogen-bond donors (Lipinski definition) is 0. The van der Waals surface area contributed by atoms with Crippen molar-refractivity contribution in [2.75, 3.05) is 4.90 Å². The lowest BCUT2D eigenvalue weighted by Gasteiger charge is -2.15. The van der Waals surface area contributed by atoms with Crippen molar-refractivity contribution in [3.05, 3.63) is 127 Å². The van der Waals surface area contributed by atoms with E-state index in [0.717, 1.165) is 10.0 Å². The zero-order chi connectivity index (χ0) is 26.6. The van der Waals surface area contributed by atoms with E-state index in [0.29, 0.717) is 42.8 Å².